The Morgan fingerprint density at radius 1 is 1.09 bits per heavy atom. The number of aryl methyl sites for hydroxylation is 1. The minimum Gasteiger partial charge on any atom is -0.468 e. The summed E-state index contributed by atoms with van der Waals surface area (Å²) < 4.78 is 4.63. The van der Waals surface area contributed by atoms with Gasteiger partial charge in [0.15, 0.2) is 0 Å². The quantitative estimate of drug-likeness (QED) is 0.865. The van der Waals surface area contributed by atoms with Crippen molar-refractivity contribution in [2.24, 2.45) is 5.73 Å². The fourth-order valence-corrected chi connectivity index (χ4v) is 2.15. The zero-order valence-corrected chi connectivity index (χ0v) is 14.2. The van der Waals surface area contributed by atoms with E-state index in [0.717, 1.165) is 11.1 Å². The van der Waals surface area contributed by atoms with Crippen molar-refractivity contribution < 1.29 is 9.53 Å². The van der Waals surface area contributed by atoms with E-state index in [1.54, 1.807) is 0 Å². The highest BCUT2D eigenvalue weighted by atomic mass is 35.5. The number of carbonyl (C=O) groups is 1. The van der Waals surface area contributed by atoms with E-state index in [4.69, 9.17) is 5.73 Å². The van der Waals surface area contributed by atoms with Crippen molar-refractivity contribution in [3.05, 3.63) is 59.7 Å². The van der Waals surface area contributed by atoms with Gasteiger partial charge in [-0.25, -0.2) is 0 Å². The highest BCUT2D eigenvalue weighted by Gasteiger charge is 2.13. The topological polar surface area (TPSA) is 52.3 Å². The van der Waals surface area contributed by atoms with Crippen LogP contribution in [0.4, 0.5) is 0 Å². The van der Waals surface area contributed by atoms with Gasteiger partial charge in [0, 0.05) is 0 Å². The van der Waals surface area contributed by atoms with Gasteiger partial charge in [-0.15, -0.1) is 24.8 Å². The summed E-state index contributed by atoms with van der Waals surface area (Å²) in [5.74, 6) is -0.382. The minimum atomic E-state index is -0.607. The number of methoxy groups -OCH3 is 1. The zero-order valence-electron chi connectivity index (χ0n) is 12.6. The maximum atomic E-state index is 11.3. The molecule has 3 nitrogen and oxygen atoms in total. The Hall–Kier alpha value is -1.55. The van der Waals surface area contributed by atoms with Crippen molar-refractivity contribution in [2.75, 3.05) is 7.11 Å². The van der Waals surface area contributed by atoms with E-state index >= 15 is 0 Å². The maximum absolute atomic E-state index is 11.3. The molecule has 2 aromatic rings. The third-order valence-electron chi connectivity index (χ3n) is 3.26. The van der Waals surface area contributed by atoms with Gasteiger partial charge in [-0.05, 0) is 30.0 Å². The van der Waals surface area contributed by atoms with Gasteiger partial charge in [-0.1, -0.05) is 54.1 Å². The summed E-state index contributed by atoms with van der Waals surface area (Å²) in [4.78, 5) is 11.3. The summed E-state index contributed by atoms with van der Waals surface area (Å²) in [7, 11) is 1.35. The van der Waals surface area contributed by atoms with Gasteiger partial charge in [0.05, 0.1) is 7.11 Å². The minimum absolute atomic E-state index is 0. The molecule has 0 aliphatic carbocycles. The molecule has 0 saturated heterocycles. The third-order valence-corrected chi connectivity index (χ3v) is 3.26. The van der Waals surface area contributed by atoms with E-state index in [1.807, 2.05) is 30.3 Å². The molecule has 120 valence electrons. The number of ether oxygens (including phenoxy) is 1. The lowest BCUT2D eigenvalue weighted by Crippen LogP contribution is -2.33. The molecule has 0 radical (unpaired) electrons. The largest absolute Gasteiger partial charge is 0.468 e. The lowest BCUT2D eigenvalue weighted by atomic mass is 10.00. The molecular weight excluding hydrogens is 321 g/mol. The molecule has 2 rings (SSSR count). The smallest absolute Gasteiger partial charge is 0.322 e. The molecule has 0 saturated carbocycles. The Morgan fingerprint density at radius 2 is 1.73 bits per heavy atom. The molecule has 0 aliphatic heterocycles. The van der Waals surface area contributed by atoms with Crippen LogP contribution in [0.3, 0.4) is 0 Å². The first-order chi connectivity index (χ1) is 9.60. The van der Waals surface area contributed by atoms with Gasteiger partial charge in [-0.3, -0.25) is 4.79 Å². The summed E-state index contributed by atoms with van der Waals surface area (Å²) >= 11 is 0. The summed E-state index contributed by atoms with van der Waals surface area (Å²) in [5, 5.41) is 0. The second-order valence-electron chi connectivity index (χ2n) is 4.90. The van der Waals surface area contributed by atoms with Crippen molar-refractivity contribution in [3.8, 4) is 11.1 Å². The highest BCUT2D eigenvalue weighted by Crippen LogP contribution is 2.21. The Labute approximate surface area is 143 Å². The summed E-state index contributed by atoms with van der Waals surface area (Å²) in [6.45, 7) is 2.08. The molecule has 0 amide bonds. The average molecular weight is 342 g/mol. The van der Waals surface area contributed by atoms with E-state index in [9.17, 15) is 4.79 Å². The molecule has 1 atom stereocenters. The fourth-order valence-electron chi connectivity index (χ4n) is 2.15. The van der Waals surface area contributed by atoms with Crippen molar-refractivity contribution in [1.82, 2.24) is 0 Å². The number of hydrogen-bond acceptors (Lipinski definition) is 3. The maximum Gasteiger partial charge on any atom is 0.322 e. The fraction of sp³-hybridized carbons (Fsp3) is 0.235. The van der Waals surface area contributed by atoms with Crippen LogP contribution >= 0.6 is 24.8 Å². The van der Waals surface area contributed by atoms with E-state index in [-0.39, 0.29) is 30.8 Å². The Kier molecular flexibility index (Phi) is 8.80. The Bertz CT molecular complexity index is 600. The Morgan fingerprint density at radius 3 is 2.27 bits per heavy atom. The zero-order chi connectivity index (χ0) is 14.5. The van der Waals surface area contributed by atoms with Crippen LogP contribution < -0.4 is 5.73 Å². The third kappa shape index (κ3) is 5.34. The van der Waals surface area contributed by atoms with Crippen LogP contribution in [-0.2, 0) is 16.0 Å². The lowest BCUT2D eigenvalue weighted by molar-refractivity contribution is -0.142. The predicted molar refractivity (Wildman–Crippen MR) is 94.8 cm³/mol. The molecule has 0 bridgehead atoms. The number of hydrogen-bond donors (Lipinski definition) is 1. The monoisotopic (exact) mass is 341 g/mol. The molecule has 0 aliphatic rings. The van der Waals surface area contributed by atoms with Crippen molar-refractivity contribution in [2.45, 2.75) is 19.4 Å². The Balaban J connectivity index is 0.00000220. The van der Waals surface area contributed by atoms with Gasteiger partial charge in [0.25, 0.3) is 0 Å². The van der Waals surface area contributed by atoms with Gasteiger partial charge < -0.3 is 10.5 Å². The molecule has 0 fully saturated rings. The van der Waals surface area contributed by atoms with E-state index in [2.05, 4.69) is 29.9 Å². The van der Waals surface area contributed by atoms with Gasteiger partial charge >= 0.3 is 5.97 Å². The van der Waals surface area contributed by atoms with Crippen molar-refractivity contribution in [3.63, 3.8) is 0 Å². The van der Waals surface area contributed by atoms with Gasteiger partial charge in [-0.2, -0.15) is 0 Å². The highest BCUT2D eigenvalue weighted by molar-refractivity contribution is 5.85. The molecule has 2 aromatic carbocycles. The van der Waals surface area contributed by atoms with Gasteiger partial charge in [0.2, 0.25) is 0 Å². The van der Waals surface area contributed by atoms with Crippen LogP contribution in [0.1, 0.15) is 11.1 Å². The number of rotatable bonds is 4. The van der Waals surface area contributed by atoms with E-state index in [1.165, 1.54) is 18.2 Å². The number of nitrogens with two attached hydrogens (primary N) is 1. The molecule has 0 aromatic heterocycles. The second kappa shape index (κ2) is 9.46. The standard InChI is InChI=1S/C17H19NO2.2ClH/c1-12-4-3-5-15(10-12)14-8-6-13(7-9-14)11-16(18)17(19)20-2;;/h3-10,16H,11,18H2,1-2H3;2*1H. The summed E-state index contributed by atoms with van der Waals surface area (Å²) in [6.07, 6.45) is 0.487. The SMILES string of the molecule is COC(=O)C(N)Cc1ccc(-c2cccc(C)c2)cc1.Cl.Cl. The number of benzene rings is 2. The first-order valence-corrected chi connectivity index (χ1v) is 6.59. The molecule has 5 heteroatoms. The average Bonchev–Trinajstić information content (AvgIpc) is 2.47. The summed E-state index contributed by atoms with van der Waals surface area (Å²) in [5.41, 5.74) is 10.4. The predicted octanol–water partition coefficient (Wildman–Crippen LogP) is 3.55. The normalized spacial score (nSPS) is 10.9. The molecule has 1 unspecified atom stereocenters. The van der Waals surface area contributed by atoms with Crippen LogP contribution in [0, 0.1) is 6.92 Å². The van der Waals surface area contributed by atoms with Crippen molar-refractivity contribution >= 4 is 30.8 Å². The molecular formula is C17H21Cl2NO2. The molecule has 0 spiro atoms. The van der Waals surface area contributed by atoms with Crippen LogP contribution in [0.15, 0.2) is 48.5 Å². The number of halogens is 2. The van der Waals surface area contributed by atoms with Crippen LogP contribution in [0.5, 0.6) is 0 Å². The van der Waals surface area contributed by atoms with Crippen LogP contribution in [0.2, 0.25) is 0 Å². The van der Waals surface area contributed by atoms with Gasteiger partial charge in [0.1, 0.15) is 6.04 Å². The molecule has 22 heavy (non-hydrogen) atoms. The molecule has 2 N–H and O–H groups in total. The van der Waals surface area contributed by atoms with Crippen LogP contribution in [-0.4, -0.2) is 19.1 Å². The van der Waals surface area contributed by atoms with Crippen LogP contribution in [0.25, 0.3) is 11.1 Å². The van der Waals surface area contributed by atoms with E-state index < -0.39 is 6.04 Å². The second-order valence-corrected chi connectivity index (χ2v) is 4.90. The number of esters is 1. The first-order valence-electron chi connectivity index (χ1n) is 6.59. The van der Waals surface area contributed by atoms with Crippen molar-refractivity contribution in [1.29, 1.82) is 0 Å². The first kappa shape index (κ1) is 20.5. The molecule has 0 heterocycles. The van der Waals surface area contributed by atoms with E-state index in [0.29, 0.717) is 6.42 Å². The summed E-state index contributed by atoms with van der Waals surface area (Å²) in [6, 6.07) is 15.9. The lowest BCUT2D eigenvalue weighted by Gasteiger charge is -2.10. The number of carbonyl (C=O) groups excluding carboxylic acids is 1.